The second-order valence-corrected chi connectivity index (χ2v) is 8.41. The third kappa shape index (κ3) is 4.63. The molecule has 184 valence electrons. The van der Waals surface area contributed by atoms with E-state index in [2.05, 4.69) is 0 Å². The highest BCUT2D eigenvalue weighted by molar-refractivity contribution is 6.51. The van der Waals surface area contributed by atoms with Crippen molar-refractivity contribution >= 4 is 28.8 Å². The minimum Gasteiger partial charge on any atom is -0.507 e. The smallest absolute Gasteiger partial charge is 0.300 e. The summed E-state index contributed by atoms with van der Waals surface area (Å²) in [6.07, 6.45) is -0.0423. The van der Waals surface area contributed by atoms with E-state index in [0.717, 1.165) is 6.07 Å². The molecule has 0 aromatic heterocycles. The SMILES string of the molecule is COc1ccc(C2/C(=C(/O)c3cccc([N+](=O)[O-])c3)C(=O)C(=O)N2c2ccc(OC(C)C)cc2)cc1. The van der Waals surface area contributed by atoms with Crippen molar-refractivity contribution in [2.24, 2.45) is 0 Å². The van der Waals surface area contributed by atoms with Gasteiger partial charge in [-0.15, -0.1) is 0 Å². The number of aliphatic hydroxyl groups is 1. The quantitative estimate of drug-likeness (QED) is 0.163. The number of nitrogens with zero attached hydrogens (tertiary/aromatic N) is 2. The summed E-state index contributed by atoms with van der Waals surface area (Å²) in [6.45, 7) is 3.79. The van der Waals surface area contributed by atoms with Crippen molar-refractivity contribution in [2.75, 3.05) is 12.0 Å². The molecule has 4 rings (SSSR count). The molecule has 1 amide bonds. The van der Waals surface area contributed by atoms with E-state index in [9.17, 15) is 24.8 Å². The van der Waals surface area contributed by atoms with Gasteiger partial charge < -0.3 is 14.6 Å². The van der Waals surface area contributed by atoms with E-state index >= 15 is 0 Å². The number of ether oxygens (including phenoxy) is 2. The molecule has 1 N–H and O–H groups in total. The number of hydrogen-bond donors (Lipinski definition) is 1. The number of non-ortho nitro benzene ring substituents is 1. The number of carbonyl (C=O) groups excluding carboxylic acids is 2. The van der Waals surface area contributed by atoms with Gasteiger partial charge in [-0.25, -0.2) is 0 Å². The number of carbonyl (C=O) groups is 2. The molecule has 1 aliphatic rings. The van der Waals surface area contributed by atoms with E-state index in [1.54, 1.807) is 48.5 Å². The molecule has 9 heteroatoms. The maximum atomic E-state index is 13.3. The van der Waals surface area contributed by atoms with Gasteiger partial charge in [0, 0.05) is 23.4 Å². The summed E-state index contributed by atoms with van der Waals surface area (Å²) in [4.78, 5) is 38.5. The van der Waals surface area contributed by atoms with Crippen LogP contribution < -0.4 is 14.4 Å². The summed E-state index contributed by atoms with van der Waals surface area (Å²) in [7, 11) is 1.52. The van der Waals surface area contributed by atoms with E-state index in [1.165, 1.54) is 30.2 Å². The molecule has 0 radical (unpaired) electrons. The highest BCUT2D eigenvalue weighted by atomic mass is 16.6. The van der Waals surface area contributed by atoms with Crippen molar-refractivity contribution in [1.29, 1.82) is 0 Å². The van der Waals surface area contributed by atoms with E-state index in [-0.39, 0.29) is 22.9 Å². The fraction of sp³-hybridized carbons (Fsp3) is 0.185. The zero-order valence-electron chi connectivity index (χ0n) is 19.9. The third-order valence-corrected chi connectivity index (χ3v) is 5.69. The highest BCUT2D eigenvalue weighted by Crippen LogP contribution is 2.43. The maximum Gasteiger partial charge on any atom is 0.300 e. The van der Waals surface area contributed by atoms with Crippen molar-refractivity contribution in [3.8, 4) is 11.5 Å². The number of methoxy groups -OCH3 is 1. The minimum absolute atomic E-state index is 0.0423. The Kier molecular flexibility index (Phi) is 6.73. The van der Waals surface area contributed by atoms with Crippen molar-refractivity contribution in [3.05, 3.63) is 99.6 Å². The Bertz CT molecular complexity index is 1350. The molecule has 1 heterocycles. The van der Waals surface area contributed by atoms with Gasteiger partial charge in [-0.3, -0.25) is 24.6 Å². The average Bonchev–Trinajstić information content (AvgIpc) is 3.14. The molecule has 1 saturated heterocycles. The van der Waals surface area contributed by atoms with Crippen LogP contribution in [0.25, 0.3) is 5.76 Å². The van der Waals surface area contributed by atoms with Gasteiger partial charge in [0.15, 0.2) is 0 Å². The van der Waals surface area contributed by atoms with Crippen molar-refractivity contribution in [2.45, 2.75) is 26.0 Å². The molecule has 0 aliphatic carbocycles. The molecule has 0 saturated carbocycles. The number of benzene rings is 3. The fourth-order valence-electron chi connectivity index (χ4n) is 4.08. The Hall–Kier alpha value is -4.66. The van der Waals surface area contributed by atoms with Gasteiger partial charge in [0.2, 0.25) is 0 Å². The van der Waals surface area contributed by atoms with Crippen LogP contribution in [0.5, 0.6) is 11.5 Å². The Balaban J connectivity index is 1.88. The summed E-state index contributed by atoms with van der Waals surface area (Å²) < 4.78 is 10.9. The molecule has 3 aromatic carbocycles. The monoisotopic (exact) mass is 488 g/mol. The third-order valence-electron chi connectivity index (χ3n) is 5.69. The molecule has 1 atom stereocenters. The van der Waals surface area contributed by atoms with Gasteiger partial charge in [-0.1, -0.05) is 24.3 Å². The molecule has 1 unspecified atom stereocenters. The predicted molar refractivity (Wildman–Crippen MR) is 133 cm³/mol. The van der Waals surface area contributed by atoms with E-state index in [4.69, 9.17) is 9.47 Å². The first-order valence-corrected chi connectivity index (χ1v) is 11.2. The van der Waals surface area contributed by atoms with E-state index in [0.29, 0.717) is 22.7 Å². The van der Waals surface area contributed by atoms with Gasteiger partial charge in [0.1, 0.15) is 17.3 Å². The van der Waals surface area contributed by atoms with Crippen LogP contribution in [0.2, 0.25) is 0 Å². The Morgan fingerprint density at radius 3 is 2.22 bits per heavy atom. The van der Waals surface area contributed by atoms with Crippen LogP contribution in [0.15, 0.2) is 78.4 Å². The first-order chi connectivity index (χ1) is 17.2. The Morgan fingerprint density at radius 1 is 1.00 bits per heavy atom. The zero-order valence-corrected chi connectivity index (χ0v) is 19.9. The van der Waals surface area contributed by atoms with Crippen LogP contribution in [-0.2, 0) is 9.59 Å². The fourth-order valence-corrected chi connectivity index (χ4v) is 4.08. The van der Waals surface area contributed by atoms with Crippen molar-refractivity contribution in [1.82, 2.24) is 0 Å². The van der Waals surface area contributed by atoms with Crippen LogP contribution in [0, 0.1) is 10.1 Å². The summed E-state index contributed by atoms with van der Waals surface area (Å²) in [5, 5.41) is 22.4. The molecule has 1 fully saturated rings. The van der Waals surface area contributed by atoms with Crippen LogP contribution >= 0.6 is 0 Å². The number of hydrogen-bond acceptors (Lipinski definition) is 7. The average molecular weight is 488 g/mol. The first-order valence-electron chi connectivity index (χ1n) is 11.2. The number of amides is 1. The Labute approximate surface area is 207 Å². The molecule has 0 spiro atoms. The lowest BCUT2D eigenvalue weighted by atomic mass is 9.95. The lowest BCUT2D eigenvalue weighted by Gasteiger charge is -2.26. The van der Waals surface area contributed by atoms with Gasteiger partial charge in [-0.2, -0.15) is 0 Å². The highest BCUT2D eigenvalue weighted by Gasteiger charge is 2.47. The molecule has 9 nitrogen and oxygen atoms in total. The maximum absolute atomic E-state index is 13.3. The molecule has 0 bridgehead atoms. The molecule has 1 aliphatic heterocycles. The second kappa shape index (κ2) is 9.91. The zero-order chi connectivity index (χ0) is 26.0. The normalized spacial score (nSPS) is 16.9. The van der Waals surface area contributed by atoms with E-state index in [1.807, 2.05) is 13.8 Å². The number of Topliss-reactive ketones (excluding diaryl/α,β-unsaturated/α-hetero) is 1. The molecule has 3 aromatic rings. The largest absolute Gasteiger partial charge is 0.507 e. The van der Waals surface area contributed by atoms with Gasteiger partial charge in [0.05, 0.1) is 29.8 Å². The van der Waals surface area contributed by atoms with Gasteiger partial charge >= 0.3 is 0 Å². The van der Waals surface area contributed by atoms with Crippen LogP contribution in [0.1, 0.15) is 31.0 Å². The lowest BCUT2D eigenvalue weighted by molar-refractivity contribution is -0.384. The van der Waals surface area contributed by atoms with Crippen molar-refractivity contribution < 1.29 is 29.1 Å². The van der Waals surface area contributed by atoms with Crippen LogP contribution in [0.3, 0.4) is 0 Å². The van der Waals surface area contributed by atoms with Crippen LogP contribution in [0.4, 0.5) is 11.4 Å². The number of rotatable bonds is 7. The number of ketones is 1. The topological polar surface area (TPSA) is 119 Å². The summed E-state index contributed by atoms with van der Waals surface area (Å²) in [6, 6.07) is 17.8. The number of nitro benzene ring substituents is 1. The van der Waals surface area contributed by atoms with E-state index < -0.39 is 28.4 Å². The predicted octanol–water partition coefficient (Wildman–Crippen LogP) is 5.02. The van der Waals surface area contributed by atoms with Gasteiger partial charge in [0.25, 0.3) is 17.4 Å². The lowest BCUT2D eigenvalue weighted by Crippen LogP contribution is -2.29. The molecular formula is C27H24N2O7. The number of nitro groups is 1. The first kappa shape index (κ1) is 24.5. The summed E-state index contributed by atoms with van der Waals surface area (Å²) >= 11 is 0. The summed E-state index contributed by atoms with van der Waals surface area (Å²) in [5.41, 5.74) is 0.598. The standard InChI is InChI=1S/C27H24N2O7/c1-16(2)36-22-13-9-19(10-14-22)28-24(17-7-11-21(35-3)12-8-17)23(26(31)27(28)32)25(30)18-5-4-6-20(15-18)29(33)34/h4-16,24,30H,1-3H3/b25-23-. The van der Waals surface area contributed by atoms with Gasteiger partial charge in [-0.05, 0) is 55.8 Å². The summed E-state index contributed by atoms with van der Waals surface area (Å²) in [5.74, 6) is -1.06. The second-order valence-electron chi connectivity index (χ2n) is 8.41. The number of aliphatic hydroxyl groups excluding tert-OH is 1. The number of anilines is 1. The molecule has 36 heavy (non-hydrogen) atoms. The van der Waals surface area contributed by atoms with Crippen molar-refractivity contribution in [3.63, 3.8) is 0 Å². The van der Waals surface area contributed by atoms with Crippen LogP contribution in [-0.4, -0.2) is 34.9 Å². The minimum atomic E-state index is -0.980. The Morgan fingerprint density at radius 2 is 1.64 bits per heavy atom. The molecular weight excluding hydrogens is 464 g/mol.